The van der Waals surface area contributed by atoms with E-state index < -0.39 is 11.5 Å². The molecule has 130 valence electrons. The number of aromatic nitrogens is 1. The van der Waals surface area contributed by atoms with Gasteiger partial charge in [-0.05, 0) is 44.1 Å². The average Bonchev–Trinajstić information content (AvgIpc) is 2.63. The molecule has 0 atom stereocenters. The number of aliphatic hydroxyl groups excluding tert-OH is 1. The lowest BCUT2D eigenvalue weighted by atomic mass is 9.95. The van der Waals surface area contributed by atoms with Gasteiger partial charge in [0.1, 0.15) is 17.7 Å². The van der Waals surface area contributed by atoms with Crippen molar-refractivity contribution in [1.29, 1.82) is 5.26 Å². The first kappa shape index (κ1) is 17.5. The lowest BCUT2D eigenvalue weighted by molar-refractivity contribution is 0.00442. The highest BCUT2D eigenvalue weighted by atomic mass is 32.2. The molecule has 1 aliphatic carbocycles. The fourth-order valence-electron chi connectivity index (χ4n) is 3.16. The van der Waals surface area contributed by atoms with Crippen LogP contribution in [0, 0.1) is 11.3 Å². The highest BCUT2D eigenvalue weighted by Crippen LogP contribution is 2.29. The predicted molar refractivity (Wildman–Crippen MR) is 93.8 cm³/mol. The summed E-state index contributed by atoms with van der Waals surface area (Å²) in [5, 5.41) is 19.0. The number of thioether (sulfide) groups is 1. The van der Waals surface area contributed by atoms with E-state index in [0.717, 1.165) is 0 Å². The molecule has 2 aromatic heterocycles. The minimum atomic E-state index is -0.536. The van der Waals surface area contributed by atoms with Crippen molar-refractivity contribution in [3.8, 4) is 6.07 Å². The second-order valence-corrected chi connectivity index (χ2v) is 6.81. The standard InChI is InChI=1S/C18H18N2O4S/c1-25-16-13(10-19)17(22)20-9-3-2-4-14(20)15(16)18(23)24-12-7-5-11(21)6-8-12/h2-4,9,11-12,21H,5-8H2,1H3/t11-,12-. The van der Waals surface area contributed by atoms with Crippen LogP contribution in [0.25, 0.3) is 5.52 Å². The molecule has 1 aliphatic rings. The molecule has 0 unspecified atom stereocenters. The molecule has 0 spiro atoms. The van der Waals surface area contributed by atoms with E-state index in [1.807, 2.05) is 6.07 Å². The van der Waals surface area contributed by atoms with Crippen LogP contribution in [-0.2, 0) is 4.74 Å². The lowest BCUT2D eigenvalue weighted by Gasteiger charge is -2.25. The van der Waals surface area contributed by atoms with Gasteiger partial charge in [-0.2, -0.15) is 5.26 Å². The summed E-state index contributed by atoms with van der Waals surface area (Å²) in [6.45, 7) is 0. The largest absolute Gasteiger partial charge is 0.459 e. The topological polar surface area (TPSA) is 91.8 Å². The number of nitrogens with zero attached hydrogens (tertiary/aromatic N) is 2. The fourth-order valence-corrected chi connectivity index (χ4v) is 3.89. The molecule has 0 aliphatic heterocycles. The number of ether oxygens (including phenoxy) is 1. The first-order valence-electron chi connectivity index (χ1n) is 8.07. The molecule has 2 aromatic rings. The van der Waals surface area contributed by atoms with Crippen molar-refractivity contribution >= 4 is 23.2 Å². The Hall–Kier alpha value is -2.30. The van der Waals surface area contributed by atoms with Crippen LogP contribution in [0.3, 0.4) is 0 Å². The van der Waals surface area contributed by atoms with Gasteiger partial charge in [0.05, 0.1) is 17.2 Å². The lowest BCUT2D eigenvalue weighted by Crippen LogP contribution is -2.28. The summed E-state index contributed by atoms with van der Waals surface area (Å²) in [5.41, 5.74) is 0.175. The zero-order chi connectivity index (χ0) is 18.0. The molecule has 0 bridgehead atoms. The maximum Gasteiger partial charge on any atom is 0.341 e. The Kier molecular flexibility index (Phi) is 5.11. The first-order valence-corrected chi connectivity index (χ1v) is 9.29. The van der Waals surface area contributed by atoms with Gasteiger partial charge in [-0.3, -0.25) is 9.20 Å². The highest BCUT2D eigenvalue weighted by molar-refractivity contribution is 7.98. The molecule has 0 saturated heterocycles. The van der Waals surface area contributed by atoms with Crippen LogP contribution in [0.1, 0.15) is 41.6 Å². The van der Waals surface area contributed by atoms with Gasteiger partial charge in [-0.1, -0.05) is 6.07 Å². The Morgan fingerprint density at radius 3 is 2.72 bits per heavy atom. The second kappa shape index (κ2) is 7.30. The highest BCUT2D eigenvalue weighted by Gasteiger charge is 2.27. The van der Waals surface area contributed by atoms with Crippen LogP contribution in [0.4, 0.5) is 0 Å². The van der Waals surface area contributed by atoms with E-state index in [1.165, 1.54) is 22.4 Å². The fraction of sp³-hybridized carbons (Fsp3) is 0.389. The zero-order valence-corrected chi connectivity index (χ0v) is 14.6. The number of aliphatic hydroxyl groups is 1. The third-order valence-electron chi connectivity index (χ3n) is 4.44. The van der Waals surface area contributed by atoms with Gasteiger partial charge in [0, 0.05) is 11.1 Å². The van der Waals surface area contributed by atoms with Gasteiger partial charge in [-0.25, -0.2) is 4.79 Å². The molecule has 1 saturated carbocycles. The van der Waals surface area contributed by atoms with Gasteiger partial charge in [0.25, 0.3) is 5.56 Å². The molecule has 1 fully saturated rings. The van der Waals surface area contributed by atoms with E-state index in [9.17, 15) is 20.0 Å². The quantitative estimate of drug-likeness (QED) is 0.669. The van der Waals surface area contributed by atoms with Crippen LogP contribution in [0.2, 0.25) is 0 Å². The van der Waals surface area contributed by atoms with E-state index in [1.54, 1.807) is 24.5 Å². The zero-order valence-electron chi connectivity index (χ0n) is 13.8. The van der Waals surface area contributed by atoms with E-state index in [4.69, 9.17) is 4.74 Å². The third-order valence-corrected chi connectivity index (χ3v) is 5.26. The maximum absolute atomic E-state index is 12.8. The summed E-state index contributed by atoms with van der Waals surface area (Å²) in [5.74, 6) is -0.536. The summed E-state index contributed by atoms with van der Waals surface area (Å²) in [7, 11) is 0. The first-order chi connectivity index (χ1) is 12.1. The Morgan fingerprint density at radius 1 is 1.36 bits per heavy atom. The van der Waals surface area contributed by atoms with Crippen molar-refractivity contribution in [2.24, 2.45) is 0 Å². The summed E-state index contributed by atoms with van der Waals surface area (Å²) >= 11 is 1.19. The van der Waals surface area contributed by atoms with Gasteiger partial charge in [-0.15, -0.1) is 11.8 Å². The monoisotopic (exact) mass is 358 g/mol. The number of carbonyl (C=O) groups excluding carboxylic acids is 1. The number of hydrogen-bond acceptors (Lipinski definition) is 6. The van der Waals surface area contributed by atoms with Gasteiger partial charge < -0.3 is 9.84 Å². The van der Waals surface area contributed by atoms with E-state index in [0.29, 0.717) is 36.1 Å². The summed E-state index contributed by atoms with van der Waals surface area (Å²) in [6.07, 6.45) is 5.09. The van der Waals surface area contributed by atoms with Crippen molar-refractivity contribution in [3.63, 3.8) is 0 Å². The normalized spacial score (nSPS) is 20.2. The van der Waals surface area contributed by atoms with E-state index >= 15 is 0 Å². The van der Waals surface area contributed by atoms with Crippen LogP contribution in [-0.4, -0.2) is 33.9 Å². The Balaban J connectivity index is 2.08. The molecule has 0 amide bonds. The smallest absolute Gasteiger partial charge is 0.341 e. The SMILES string of the molecule is CSc1c(C#N)c(=O)n2ccccc2c1C(=O)O[C@H]1CC[C@H](O)CC1. The molecule has 3 rings (SSSR count). The number of rotatable bonds is 3. The Labute approximate surface area is 149 Å². The molecular weight excluding hydrogens is 340 g/mol. The molecule has 0 radical (unpaired) electrons. The molecule has 25 heavy (non-hydrogen) atoms. The Morgan fingerprint density at radius 2 is 2.08 bits per heavy atom. The van der Waals surface area contributed by atoms with Gasteiger partial charge in [0.2, 0.25) is 0 Å². The maximum atomic E-state index is 12.8. The Bertz CT molecular complexity index is 908. The number of pyridine rings is 2. The average molecular weight is 358 g/mol. The number of fused-ring (bicyclic) bond motifs is 1. The summed E-state index contributed by atoms with van der Waals surface area (Å²) in [4.78, 5) is 25.7. The van der Waals surface area contributed by atoms with Crippen LogP contribution < -0.4 is 5.56 Å². The second-order valence-electron chi connectivity index (χ2n) is 5.99. The van der Waals surface area contributed by atoms with E-state index in [2.05, 4.69) is 0 Å². The van der Waals surface area contributed by atoms with Gasteiger partial charge in [0.15, 0.2) is 0 Å². The molecule has 7 heteroatoms. The van der Waals surface area contributed by atoms with Crippen molar-refractivity contribution in [3.05, 3.63) is 45.9 Å². The van der Waals surface area contributed by atoms with Crippen LogP contribution in [0.15, 0.2) is 34.1 Å². The van der Waals surface area contributed by atoms with Crippen molar-refractivity contribution in [1.82, 2.24) is 4.40 Å². The van der Waals surface area contributed by atoms with Crippen molar-refractivity contribution < 1.29 is 14.6 Å². The molecule has 2 heterocycles. The molecule has 0 aromatic carbocycles. The van der Waals surface area contributed by atoms with Crippen LogP contribution in [0.5, 0.6) is 0 Å². The van der Waals surface area contributed by atoms with Crippen molar-refractivity contribution in [2.75, 3.05) is 6.26 Å². The van der Waals surface area contributed by atoms with Gasteiger partial charge >= 0.3 is 5.97 Å². The summed E-state index contributed by atoms with van der Waals surface area (Å²) < 4.78 is 6.93. The van der Waals surface area contributed by atoms with Crippen molar-refractivity contribution in [2.45, 2.75) is 42.8 Å². The minimum absolute atomic E-state index is 0.0535. The molecular formula is C18H18N2O4S. The molecule has 6 nitrogen and oxygen atoms in total. The molecule has 1 N–H and O–H groups in total. The third kappa shape index (κ3) is 3.28. The summed E-state index contributed by atoms with van der Waals surface area (Å²) in [6, 6.07) is 6.99. The number of nitriles is 1. The van der Waals surface area contributed by atoms with E-state index in [-0.39, 0.29) is 23.3 Å². The minimum Gasteiger partial charge on any atom is -0.459 e. The predicted octanol–water partition coefficient (Wildman–Crippen LogP) is 2.35. The number of esters is 1. The number of hydrogen-bond donors (Lipinski definition) is 1. The van der Waals surface area contributed by atoms with Crippen LogP contribution >= 0.6 is 11.8 Å². The number of carbonyl (C=O) groups is 1.